The molecule has 28 heavy (non-hydrogen) atoms. The van der Waals surface area contributed by atoms with Gasteiger partial charge in [-0.2, -0.15) is 9.40 Å². The Bertz CT molecular complexity index is 1140. The number of benzene rings is 1. The Balaban J connectivity index is 1.57. The van der Waals surface area contributed by atoms with Crippen LogP contribution < -0.4 is 0 Å². The average Bonchev–Trinajstić information content (AvgIpc) is 2.93. The molecule has 3 aromatic rings. The first-order valence-corrected chi connectivity index (χ1v) is 11.1. The van der Waals surface area contributed by atoms with E-state index in [0.29, 0.717) is 35.3 Å². The Hall–Kier alpha value is -2.25. The van der Waals surface area contributed by atoms with Gasteiger partial charge >= 0.3 is 0 Å². The molecule has 0 saturated carbocycles. The number of aryl methyl sites for hydroxylation is 3. The molecule has 4 rings (SSSR count). The van der Waals surface area contributed by atoms with Gasteiger partial charge in [-0.05, 0) is 68.9 Å². The number of hydrogen-bond donors (Lipinski definition) is 0. The van der Waals surface area contributed by atoms with Gasteiger partial charge < -0.3 is 0 Å². The minimum Gasteiger partial charge on any atom is -0.271 e. The maximum Gasteiger partial charge on any atom is 0.246 e. The third-order valence-corrected chi connectivity index (χ3v) is 8.08. The van der Waals surface area contributed by atoms with E-state index in [4.69, 9.17) is 0 Å². The summed E-state index contributed by atoms with van der Waals surface area (Å²) in [6, 6.07) is 8.39. The molecule has 0 N–H and O–H groups in total. The molecule has 0 spiro atoms. The molecule has 3 heterocycles. The Kier molecular flexibility index (Phi) is 4.75. The number of piperidine rings is 1. The van der Waals surface area contributed by atoms with E-state index >= 15 is 0 Å². The molecule has 1 fully saturated rings. The van der Waals surface area contributed by atoms with E-state index in [9.17, 15) is 8.42 Å². The van der Waals surface area contributed by atoms with Gasteiger partial charge in [0.2, 0.25) is 10.0 Å². The van der Waals surface area contributed by atoms with Crippen LogP contribution in [0.15, 0.2) is 35.4 Å². The lowest BCUT2D eigenvalue weighted by molar-refractivity contribution is 0.319. The summed E-state index contributed by atoms with van der Waals surface area (Å²) in [5, 5.41) is 5.42. The number of rotatable bonds is 3. The van der Waals surface area contributed by atoms with Gasteiger partial charge in [0.05, 0.1) is 16.9 Å². The van der Waals surface area contributed by atoms with Crippen LogP contribution in [0.25, 0.3) is 10.9 Å². The first-order chi connectivity index (χ1) is 13.3. The number of nitrogens with zero attached hydrogens (tertiary/aromatic N) is 4. The van der Waals surface area contributed by atoms with Gasteiger partial charge in [-0.25, -0.2) is 8.42 Å². The minimum atomic E-state index is -3.51. The molecule has 1 aliphatic heterocycles. The van der Waals surface area contributed by atoms with Crippen LogP contribution in [-0.2, 0) is 17.1 Å². The van der Waals surface area contributed by atoms with Crippen LogP contribution in [0.3, 0.4) is 0 Å². The van der Waals surface area contributed by atoms with Crippen LogP contribution >= 0.6 is 0 Å². The van der Waals surface area contributed by atoms with E-state index in [1.165, 1.54) is 11.1 Å². The lowest BCUT2D eigenvalue weighted by atomic mass is 9.86. The number of aromatic nitrogens is 3. The predicted octanol–water partition coefficient (Wildman–Crippen LogP) is 3.46. The van der Waals surface area contributed by atoms with E-state index in [-0.39, 0.29) is 0 Å². The molecular weight excluding hydrogens is 372 g/mol. The second-order valence-electron chi connectivity index (χ2n) is 7.71. The monoisotopic (exact) mass is 398 g/mol. The Morgan fingerprint density at radius 1 is 1.11 bits per heavy atom. The number of sulfonamides is 1. The summed E-state index contributed by atoms with van der Waals surface area (Å²) in [6.45, 7) is 6.76. The zero-order valence-corrected chi connectivity index (χ0v) is 17.6. The van der Waals surface area contributed by atoms with Crippen molar-refractivity contribution >= 4 is 20.9 Å². The average molecular weight is 399 g/mol. The fourth-order valence-electron chi connectivity index (χ4n) is 4.35. The van der Waals surface area contributed by atoms with Crippen LogP contribution in [0.4, 0.5) is 0 Å². The predicted molar refractivity (Wildman–Crippen MR) is 110 cm³/mol. The molecule has 148 valence electrons. The van der Waals surface area contributed by atoms with Gasteiger partial charge in [0, 0.05) is 31.7 Å². The van der Waals surface area contributed by atoms with Crippen molar-refractivity contribution in [1.29, 1.82) is 0 Å². The van der Waals surface area contributed by atoms with Gasteiger partial charge in [0.1, 0.15) is 4.90 Å². The van der Waals surface area contributed by atoms with Crippen LogP contribution in [0.5, 0.6) is 0 Å². The molecule has 0 unspecified atom stereocenters. The molecule has 0 bridgehead atoms. The summed E-state index contributed by atoms with van der Waals surface area (Å²) in [7, 11) is -1.73. The summed E-state index contributed by atoms with van der Waals surface area (Å²) < 4.78 is 29.6. The molecular formula is C21H26N4O2S. The Morgan fingerprint density at radius 2 is 1.82 bits per heavy atom. The fraction of sp³-hybridized carbons (Fsp3) is 0.429. The highest BCUT2D eigenvalue weighted by atomic mass is 32.2. The van der Waals surface area contributed by atoms with Crippen LogP contribution in [0, 0.1) is 20.8 Å². The summed E-state index contributed by atoms with van der Waals surface area (Å²) >= 11 is 0. The van der Waals surface area contributed by atoms with E-state index in [1.807, 2.05) is 19.2 Å². The van der Waals surface area contributed by atoms with E-state index in [2.05, 4.69) is 35.2 Å². The SMILES string of the molecule is Cc1cc2ncccc2cc1C1CCN(S(=O)(=O)c2c(C)nn(C)c2C)CC1. The number of pyridine rings is 1. The first kappa shape index (κ1) is 19.1. The maximum atomic E-state index is 13.2. The third kappa shape index (κ3) is 3.12. The van der Waals surface area contributed by atoms with Crippen molar-refractivity contribution in [2.45, 2.75) is 44.4 Å². The normalized spacial score (nSPS) is 16.7. The highest BCUT2D eigenvalue weighted by Crippen LogP contribution is 2.35. The molecule has 7 heteroatoms. The van der Waals surface area contributed by atoms with Crippen molar-refractivity contribution in [2.24, 2.45) is 7.05 Å². The van der Waals surface area contributed by atoms with Crippen molar-refractivity contribution in [2.75, 3.05) is 13.1 Å². The maximum absolute atomic E-state index is 13.2. The number of hydrogen-bond acceptors (Lipinski definition) is 4. The third-order valence-electron chi connectivity index (χ3n) is 5.93. The molecule has 0 amide bonds. The lowest BCUT2D eigenvalue weighted by Gasteiger charge is -2.32. The fourth-order valence-corrected chi connectivity index (χ4v) is 6.22. The van der Waals surface area contributed by atoms with Crippen molar-refractivity contribution in [3.63, 3.8) is 0 Å². The van der Waals surface area contributed by atoms with Gasteiger partial charge in [-0.1, -0.05) is 6.07 Å². The zero-order chi connectivity index (χ0) is 20.1. The molecule has 1 aromatic carbocycles. The zero-order valence-electron chi connectivity index (χ0n) is 16.8. The van der Waals surface area contributed by atoms with E-state index in [1.54, 1.807) is 23.0 Å². The molecule has 6 nitrogen and oxygen atoms in total. The quantitative estimate of drug-likeness (QED) is 0.678. The van der Waals surface area contributed by atoms with Crippen molar-refractivity contribution in [1.82, 2.24) is 19.1 Å². The van der Waals surface area contributed by atoms with E-state index < -0.39 is 10.0 Å². The van der Waals surface area contributed by atoms with E-state index in [0.717, 1.165) is 23.7 Å². The van der Waals surface area contributed by atoms with Gasteiger partial charge in [-0.3, -0.25) is 9.67 Å². The Morgan fingerprint density at radius 3 is 2.46 bits per heavy atom. The topological polar surface area (TPSA) is 68.1 Å². The van der Waals surface area contributed by atoms with Gasteiger partial charge in [0.25, 0.3) is 0 Å². The van der Waals surface area contributed by atoms with Crippen molar-refractivity contribution in [3.8, 4) is 0 Å². The first-order valence-electron chi connectivity index (χ1n) is 9.64. The molecule has 1 aliphatic rings. The molecule has 0 aliphatic carbocycles. The van der Waals surface area contributed by atoms with Crippen molar-refractivity contribution in [3.05, 3.63) is 53.0 Å². The lowest BCUT2D eigenvalue weighted by Crippen LogP contribution is -2.38. The van der Waals surface area contributed by atoms with Gasteiger partial charge in [0.15, 0.2) is 0 Å². The molecule has 1 saturated heterocycles. The summed E-state index contributed by atoms with van der Waals surface area (Å²) in [5.74, 6) is 0.368. The second-order valence-corrected chi connectivity index (χ2v) is 9.58. The minimum absolute atomic E-state index is 0.362. The summed E-state index contributed by atoms with van der Waals surface area (Å²) in [4.78, 5) is 4.79. The largest absolute Gasteiger partial charge is 0.271 e. The standard InChI is InChI=1S/C21H26N4O2S/c1-14-12-20-18(6-5-9-22-20)13-19(14)17-7-10-25(11-8-17)28(26,27)21-15(2)23-24(4)16(21)3/h5-6,9,12-13,17H,7-8,10-11H2,1-4H3. The second kappa shape index (κ2) is 6.97. The highest BCUT2D eigenvalue weighted by molar-refractivity contribution is 7.89. The van der Waals surface area contributed by atoms with Crippen LogP contribution in [0.1, 0.15) is 41.3 Å². The highest BCUT2D eigenvalue weighted by Gasteiger charge is 2.34. The summed E-state index contributed by atoms with van der Waals surface area (Å²) in [6.07, 6.45) is 3.46. The number of fused-ring (bicyclic) bond motifs is 1. The molecule has 2 aromatic heterocycles. The molecule has 0 radical (unpaired) electrons. The van der Waals surface area contributed by atoms with Crippen LogP contribution in [-0.4, -0.2) is 40.6 Å². The Labute approximate surface area is 166 Å². The van der Waals surface area contributed by atoms with Crippen molar-refractivity contribution < 1.29 is 8.42 Å². The summed E-state index contributed by atoms with van der Waals surface area (Å²) in [5.41, 5.74) is 4.81. The smallest absolute Gasteiger partial charge is 0.246 e. The van der Waals surface area contributed by atoms with Gasteiger partial charge in [-0.15, -0.1) is 0 Å². The van der Waals surface area contributed by atoms with Crippen LogP contribution in [0.2, 0.25) is 0 Å². The molecule has 0 atom stereocenters.